The monoisotopic (exact) mass is 419 g/mol. The van der Waals surface area contributed by atoms with Crippen molar-refractivity contribution < 1.29 is 4.79 Å². The second-order valence-electron chi connectivity index (χ2n) is 6.67. The van der Waals surface area contributed by atoms with Gasteiger partial charge >= 0.3 is 0 Å². The van der Waals surface area contributed by atoms with Crippen molar-refractivity contribution in [2.24, 2.45) is 0 Å². The molecule has 0 atom stereocenters. The van der Waals surface area contributed by atoms with E-state index in [9.17, 15) is 9.59 Å². The van der Waals surface area contributed by atoms with E-state index in [0.717, 1.165) is 11.1 Å². The average Bonchev–Trinajstić information content (AvgIpc) is 3.25. The molecule has 0 unspecified atom stereocenters. The molecule has 0 saturated heterocycles. The molecule has 0 aliphatic rings. The summed E-state index contributed by atoms with van der Waals surface area (Å²) < 4.78 is 3.11. The molecule has 1 amide bonds. The molecule has 0 saturated carbocycles. The van der Waals surface area contributed by atoms with Crippen molar-refractivity contribution in [2.75, 3.05) is 0 Å². The van der Waals surface area contributed by atoms with Crippen LogP contribution < -0.4 is 10.9 Å². The van der Waals surface area contributed by atoms with Crippen molar-refractivity contribution in [2.45, 2.75) is 13.1 Å². The maximum atomic E-state index is 12.4. The molecule has 4 aromatic rings. The highest BCUT2D eigenvalue weighted by Gasteiger charge is 2.12. The van der Waals surface area contributed by atoms with E-state index in [1.807, 2.05) is 42.5 Å². The maximum absolute atomic E-state index is 12.4. The van der Waals surface area contributed by atoms with Gasteiger partial charge in [0.15, 0.2) is 5.69 Å². The van der Waals surface area contributed by atoms with E-state index in [1.54, 1.807) is 29.0 Å². The molecule has 0 fully saturated rings. The first kappa shape index (κ1) is 19.6. The van der Waals surface area contributed by atoms with Crippen molar-refractivity contribution >= 4 is 17.5 Å². The van der Waals surface area contributed by atoms with Crippen molar-refractivity contribution in [3.05, 3.63) is 111 Å². The Bertz CT molecular complexity index is 1230. The lowest BCUT2D eigenvalue weighted by atomic mass is 10.1. The molecular formula is C22H18ClN5O2. The molecule has 2 heterocycles. The Kier molecular flexibility index (Phi) is 5.72. The Morgan fingerprint density at radius 1 is 0.967 bits per heavy atom. The first-order valence-electron chi connectivity index (χ1n) is 9.29. The number of aromatic nitrogens is 4. The van der Waals surface area contributed by atoms with Crippen LogP contribution in [0.1, 0.15) is 21.6 Å². The average molecular weight is 420 g/mol. The van der Waals surface area contributed by atoms with Crippen LogP contribution in [0, 0.1) is 0 Å². The summed E-state index contributed by atoms with van der Waals surface area (Å²) in [5.74, 6) is -0.326. The summed E-state index contributed by atoms with van der Waals surface area (Å²) in [6.07, 6.45) is 3.30. The Balaban J connectivity index is 1.37. The molecule has 150 valence electrons. The Morgan fingerprint density at radius 2 is 1.70 bits per heavy atom. The Morgan fingerprint density at radius 3 is 2.47 bits per heavy atom. The van der Waals surface area contributed by atoms with E-state index in [1.165, 1.54) is 16.9 Å². The normalized spacial score (nSPS) is 10.7. The molecular weight excluding hydrogens is 402 g/mol. The van der Waals surface area contributed by atoms with Gasteiger partial charge in [0, 0.05) is 18.8 Å². The van der Waals surface area contributed by atoms with Gasteiger partial charge in [-0.25, -0.2) is 4.68 Å². The number of hydrogen-bond acceptors (Lipinski definition) is 4. The van der Waals surface area contributed by atoms with Crippen LogP contribution in [-0.2, 0) is 13.1 Å². The van der Waals surface area contributed by atoms with Crippen molar-refractivity contribution in [1.29, 1.82) is 0 Å². The number of benzene rings is 2. The lowest BCUT2D eigenvalue weighted by molar-refractivity contribution is 0.0946. The fourth-order valence-electron chi connectivity index (χ4n) is 2.95. The zero-order valence-corrected chi connectivity index (χ0v) is 16.7. The number of carbonyl (C=O) groups excluding carboxylic acids is 1. The second-order valence-corrected chi connectivity index (χ2v) is 7.07. The van der Waals surface area contributed by atoms with Gasteiger partial charge in [0.25, 0.3) is 11.5 Å². The molecule has 1 N–H and O–H groups in total. The third kappa shape index (κ3) is 4.47. The molecule has 0 radical (unpaired) electrons. The van der Waals surface area contributed by atoms with E-state index < -0.39 is 0 Å². The third-order valence-corrected chi connectivity index (χ3v) is 4.87. The number of halogens is 1. The van der Waals surface area contributed by atoms with Crippen molar-refractivity contribution in [3.63, 3.8) is 0 Å². The van der Waals surface area contributed by atoms with Crippen LogP contribution in [0.15, 0.2) is 83.9 Å². The smallest absolute Gasteiger partial charge is 0.273 e. The van der Waals surface area contributed by atoms with Gasteiger partial charge in [0.05, 0.1) is 23.5 Å². The zero-order chi connectivity index (χ0) is 20.9. The number of nitrogens with one attached hydrogen (secondary N) is 1. The summed E-state index contributed by atoms with van der Waals surface area (Å²) in [5, 5.41) is 11.3. The molecule has 2 aromatic carbocycles. The van der Waals surface area contributed by atoms with Gasteiger partial charge in [-0.3, -0.25) is 9.59 Å². The number of rotatable bonds is 6. The third-order valence-electron chi connectivity index (χ3n) is 4.55. The van der Waals surface area contributed by atoms with Crippen LogP contribution in [0.2, 0.25) is 5.02 Å². The Hall–Kier alpha value is -3.71. The van der Waals surface area contributed by atoms with E-state index in [2.05, 4.69) is 15.6 Å². The number of para-hydroxylation sites is 1. The summed E-state index contributed by atoms with van der Waals surface area (Å²) in [5.41, 5.74) is 2.75. The molecule has 0 bridgehead atoms. The quantitative estimate of drug-likeness (QED) is 0.520. The van der Waals surface area contributed by atoms with Gasteiger partial charge in [0.2, 0.25) is 0 Å². The number of pyridine rings is 1. The van der Waals surface area contributed by atoms with Crippen LogP contribution in [-0.4, -0.2) is 25.5 Å². The predicted molar refractivity (Wildman–Crippen MR) is 114 cm³/mol. The van der Waals surface area contributed by atoms with Gasteiger partial charge in [-0.1, -0.05) is 59.3 Å². The number of hydrogen-bond donors (Lipinski definition) is 1. The zero-order valence-electron chi connectivity index (χ0n) is 15.9. The standard InChI is InChI=1S/C22H18ClN5O2/c23-18-5-1-2-6-20(18)28-15-19(25-26-28)22(30)24-13-16-8-10-17(11-9-16)14-27-12-4-3-7-21(27)29/h1-12,15H,13-14H2,(H,24,30). The minimum atomic E-state index is -0.326. The van der Waals surface area contributed by atoms with Gasteiger partial charge in [0.1, 0.15) is 0 Å². The van der Waals surface area contributed by atoms with Crippen molar-refractivity contribution in [1.82, 2.24) is 24.9 Å². The highest BCUT2D eigenvalue weighted by Crippen LogP contribution is 2.18. The van der Waals surface area contributed by atoms with Crippen LogP contribution in [0.5, 0.6) is 0 Å². The minimum absolute atomic E-state index is 0.0429. The van der Waals surface area contributed by atoms with Crippen molar-refractivity contribution in [3.8, 4) is 5.69 Å². The molecule has 0 spiro atoms. The van der Waals surface area contributed by atoms with Gasteiger partial charge in [-0.05, 0) is 29.3 Å². The number of carbonyl (C=O) groups is 1. The topological polar surface area (TPSA) is 81.8 Å². The van der Waals surface area contributed by atoms with Crippen LogP contribution >= 0.6 is 11.6 Å². The summed E-state index contributed by atoms with van der Waals surface area (Å²) in [4.78, 5) is 24.2. The fourth-order valence-corrected chi connectivity index (χ4v) is 3.17. The highest BCUT2D eigenvalue weighted by molar-refractivity contribution is 6.32. The number of nitrogens with zero attached hydrogens (tertiary/aromatic N) is 4. The van der Waals surface area contributed by atoms with Gasteiger partial charge < -0.3 is 9.88 Å². The molecule has 30 heavy (non-hydrogen) atoms. The summed E-state index contributed by atoms with van der Waals surface area (Å²) in [6.45, 7) is 0.848. The van der Waals surface area contributed by atoms with E-state index in [0.29, 0.717) is 23.8 Å². The van der Waals surface area contributed by atoms with Crippen LogP contribution in [0.4, 0.5) is 0 Å². The lowest BCUT2D eigenvalue weighted by Gasteiger charge is -2.07. The first-order valence-corrected chi connectivity index (χ1v) is 9.67. The number of amides is 1. The van der Waals surface area contributed by atoms with E-state index in [4.69, 9.17) is 11.6 Å². The van der Waals surface area contributed by atoms with E-state index in [-0.39, 0.29) is 17.2 Å². The summed E-state index contributed by atoms with van der Waals surface area (Å²) in [6, 6.07) is 20.0. The van der Waals surface area contributed by atoms with Crippen LogP contribution in [0.25, 0.3) is 5.69 Å². The first-order chi connectivity index (χ1) is 14.6. The predicted octanol–water partition coefficient (Wildman–Crippen LogP) is 3.06. The van der Waals surface area contributed by atoms with E-state index >= 15 is 0 Å². The molecule has 0 aliphatic heterocycles. The molecule has 7 nitrogen and oxygen atoms in total. The SMILES string of the molecule is O=C(NCc1ccc(Cn2ccccc2=O)cc1)c1cn(-c2ccccc2Cl)nn1. The lowest BCUT2D eigenvalue weighted by Crippen LogP contribution is -2.23. The minimum Gasteiger partial charge on any atom is -0.347 e. The summed E-state index contributed by atoms with van der Waals surface area (Å²) in [7, 11) is 0. The molecule has 8 heteroatoms. The largest absolute Gasteiger partial charge is 0.347 e. The highest BCUT2D eigenvalue weighted by atomic mass is 35.5. The summed E-state index contributed by atoms with van der Waals surface area (Å²) >= 11 is 6.15. The maximum Gasteiger partial charge on any atom is 0.273 e. The fraction of sp³-hybridized carbons (Fsp3) is 0.0909. The Labute approximate surface area is 177 Å². The van der Waals surface area contributed by atoms with Gasteiger partial charge in [-0.2, -0.15) is 0 Å². The molecule has 2 aromatic heterocycles. The van der Waals surface area contributed by atoms with Crippen LogP contribution in [0.3, 0.4) is 0 Å². The second kappa shape index (κ2) is 8.75. The molecule has 4 rings (SSSR count). The van der Waals surface area contributed by atoms with Gasteiger partial charge in [-0.15, -0.1) is 5.10 Å². The molecule has 0 aliphatic carbocycles.